The lowest BCUT2D eigenvalue weighted by Crippen LogP contribution is -2.52. The van der Waals surface area contributed by atoms with Crippen LogP contribution in [0.15, 0.2) is 23.1 Å². The number of aryl methyl sites for hydroxylation is 1. The third-order valence-corrected chi connectivity index (χ3v) is 9.12. The molecule has 1 aliphatic heterocycles. The summed E-state index contributed by atoms with van der Waals surface area (Å²) in [5.41, 5.74) is 1.56. The highest BCUT2D eigenvalue weighted by molar-refractivity contribution is 7.89. The summed E-state index contributed by atoms with van der Waals surface area (Å²) in [6, 6.07) is 4.93. The van der Waals surface area contributed by atoms with Crippen LogP contribution in [-0.2, 0) is 25.9 Å². The Bertz CT molecular complexity index is 925. The predicted molar refractivity (Wildman–Crippen MR) is 117 cm³/mol. The van der Waals surface area contributed by atoms with Crippen LogP contribution in [0.4, 0.5) is 10.5 Å². The van der Waals surface area contributed by atoms with Crippen molar-refractivity contribution in [3.8, 4) is 0 Å². The topological polar surface area (TPSA) is 84.9 Å². The van der Waals surface area contributed by atoms with Crippen LogP contribution in [0.2, 0.25) is 0 Å². The van der Waals surface area contributed by atoms with E-state index in [2.05, 4.69) is 4.72 Å². The smallest absolute Gasteiger partial charge is 0.414 e. The van der Waals surface area contributed by atoms with E-state index in [1.54, 1.807) is 23.1 Å². The number of carbonyl (C=O) groups excluding carboxylic acids is 1. The van der Waals surface area contributed by atoms with Crippen molar-refractivity contribution in [3.05, 3.63) is 23.8 Å². The Morgan fingerprint density at radius 1 is 1.16 bits per heavy atom. The van der Waals surface area contributed by atoms with E-state index in [0.29, 0.717) is 13.2 Å². The van der Waals surface area contributed by atoms with E-state index >= 15 is 0 Å². The van der Waals surface area contributed by atoms with E-state index in [9.17, 15) is 13.2 Å². The van der Waals surface area contributed by atoms with Crippen molar-refractivity contribution in [2.75, 3.05) is 31.7 Å². The first-order chi connectivity index (χ1) is 14.9. The van der Waals surface area contributed by atoms with Gasteiger partial charge in [0.05, 0.1) is 29.9 Å². The van der Waals surface area contributed by atoms with Gasteiger partial charge in [0.15, 0.2) is 0 Å². The monoisotopic (exact) mass is 448 g/mol. The van der Waals surface area contributed by atoms with Gasteiger partial charge in [-0.1, -0.05) is 0 Å². The minimum absolute atomic E-state index is 0.0106. The predicted octanol–water partition coefficient (Wildman–Crippen LogP) is 3.47. The molecule has 4 bridgehead atoms. The SMILES string of the molecule is COC(=O)N1CCCc2cc(S(=O)(=O)NCCOC34CC5CC(CC(C5)C3)C4)ccc21. The molecule has 0 spiro atoms. The number of methoxy groups -OCH3 is 1. The molecule has 8 heteroatoms. The third kappa shape index (κ3) is 4.10. The second-order valence-electron chi connectivity index (χ2n) is 9.86. The van der Waals surface area contributed by atoms with E-state index in [4.69, 9.17) is 9.47 Å². The maximum atomic E-state index is 12.8. The van der Waals surface area contributed by atoms with Crippen LogP contribution in [0.3, 0.4) is 0 Å². The van der Waals surface area contributed by atoms with Gasteiger partial charge in [0.25, 0.3) is 0 Å². The summed E-state index contributed by atoms with van der Waals surface area (Å²) in [5.74, 6) is 2.42. The Labute approximate surface area is 184 Å². The molecule has 0 atom stereocenters. The maximum Gasteiger partial charge on any atom is 0.414 e. The number of benzene rings is 1. The highest BCUT2D eigenvalue weighted by Crippen LogP contribution is 2.57. The Kier molecular flexibility index (Phi) is 5.51. The first kappa shape index (κ1) is 21.2. The quantitative estimate of drug-likeness (QED) is 0.674. The van der Waals surface area contributed by atoms with Crippen LogP contribution in [0, 0.1) is 17.8 Å². The number of sulfonamides is 1. The summed E-state index contributed by atoms with van der Waals surface area (Å²) in [4.78, 5) is 13.8. The van der Waals surface area contributed by atoms with Crippen molar-refractivity contribution in [1.82, 2.24) is 4.72 Å². The minimum atomic E-state index is -3.63. The summed E-state index contributed by atoms with van der Waals surface area (Å²) in [7, 11) is -2.28. The summed E-state index contributed by atoms with van der Waals surface area (Å²) >= 11 is 0. The molecule has 1 N–H and O–H groups in total. The van der Waals surface area contributed by atoms with Crippen molar-refractivity contribution in [2.45, 2.75) is 61.9 Å². The molecule has 0 radical (unpaired) electrons. The Morgan fingerprint density at radius 2 is 1.84 bits per heavy atom. The van der Waals surface area contributed by atoms with Gasteiger partial charge in [0, 0.05) is 13.1 Å². The van der Waals surface area contributed by atoms with Gasteiger partial charge in [0.1, 0.15) is 0 Å². The Morgan fingerprint density at radius 3 is 2.48 bits per heavy atom. The number of anilines is 1. The second kappa shape index (κ2) is 8.05. The third-order valence-electron chi connectivity index (χ3n) is 7.66. The zero-order valence-electron chi connectivity index (χ0n) is 18.1. The van der Waals surface area contributed by atoms with Crippen LogP contribution < -0.4 is 9.62 Å². The van der Waals surface area contributed by atoms with Gasteiger partial charge < -0.3 is 9.47 Å². The number of carbonyl (C=O) groups is 1. The molecule has 7 nitrogen and oxygen atoms in total. The summed E-state index contributed by atoms with van der Waals surface area (Å²) in [6.45, 7) is 1.26. The van der Waals surface area contributed by atoms with E-state index in [1.807, 2.05) is 0 Å². The zero-order valence-corrected chi connectivity index (χ0v) is 19.0. The van der Waals surface area contributed by atoms with Gasteiger partial charge >= 0.3 is 6.09 Å². The van der Waals surface area contributed by atoms with E-state index in [-0.39, 0.29) is 17.0 Å². The van der Waals surface area contributed by atoms with Crippen molar-refractivity contribution in [2.24, 2.45) is 17.8 Å². The highest BCUT2D eigenvalue weighted by atomic mass is 32.2. The molecule has 0 aromatic heterocycles. The maximum absolute atomic E-state index is 12.8. The van der Waals surface area contributed by atoms with E-state index in [1.165, 1.54) is 26.4 Å². The molecular formula is C23H32N2O5S. The first-order valence-electron chi connectivity index (χ1n) is 11.5. The number of hydrogen-bond acceptors (Lipinski definition) is 5. The molecule has 5 aliphatic rings. The van der Waals surface area contributed by atoms with Crippen molar-refractivity contribution >= 4 is 21.8 Å². The van der Waals surface area contributed by atoms with Crippen LogP contribution >= 0.6 is 0 Å². The normalized spacial score (nSPS) is 31.5. The second-order valence-corrected chi connectivity index (χ2v) is 11.6. The van der Waals surface area contributed by atoms with Gasteiger partial charge in [-0.2, -0.15) is 0 Å². The molecule has 4 saturated carbocycles. The minimum Gasteiger partial charge on any atom is -0.452 e. The summed E-state index contributed by atoms with van der Waals surface area (Å²) in [5, 5.41) is 0. The number of nitrogens with zero attached hydrogens (tertiary/aromatic N) is 1. The molecule has 0 saturated heterocycles. The Hall–Kier alpha value is -1.64. The Balaban J connectivity index is 1.20. The molecule has 31 heavy (non-hydrogen) atoms. The van der Waals surface area contributed by atoms with Crippen molar-refractivity contribution < 1.29 is 22.7 Å². The first-order valence-corrected chi connectivity index (χ1v) is 13.0. The van der Waals surface area contributed by atoms with Gasteiger partial charge in [-0.25, -0.2) is 17.9 Å². The molecule has 1 heterocycles. The van der Waals surface area contributed by atoms with Crippen LogP contribution in [0.25, 0.3) is 0 Å². The number of hydrogen-bond donors (Lipinski definition) is 1. The molecule has 4 aliphatic carbocycles. The van der Waals surface area contributed by atoms with Crippen molar-refractivity contribution in [3.63, 3.8) is 0 Å². The number of fused-ring (bicyclic) bond motifs is 1. The summed E-state index contributed by atoms with van der Waals surface area (Å²) in [6.07, 6.45) is 8.62. The summed E-state index contributed by atoms with van der Waals surface area (Å²) < 4.78 is 39.6. The fraction of sp³-hybridized carbons (Fsp3) is 0.696. The average Bonchev–Trinajstić information content (AvgIpc) is 2.74. The van der Waals surface area contributed by atoms with Gasteiger partial charge in [-0.15, -0.1) is 0 Å². The van der Waals surface area contributed by atoms with Gasteiger partial charge in [-0.05, 0) is 92.9 Å². The van der Waals surface area contributed by atoms with Gasteiger partial charge in [-0.3, -0.25) is 4.90 Å². The van der Waals surface area contributed by atoms with Crippen molar-refractivity contribution in [1.29, 1.82) is 0 Å². The number of rotatable bonds is 6. The molecule has 6 rings (SSSR count). The zero-order chi connectivity index (χ0) is 21.6. The van der Waals surface area contributed by atoms with E-state index < -0.39 is 16.1 Å². The molecule has 0 unspecified atom stereocenters. The van der Waals surface area contributed by atoms with Crippen LogP contribution in [-0.4, -0.2) is 46.9 Å². The van der Waals surface area contributed by atoms with Crippen LogP contribution in [0.5, 0.6) is 0 Å². The molecule has 1 aromatic rings. The lowest BCUT2D eigenvalue weighted by molar-refractivity contribution is -0.160. The van der Waals surface area contributed by atoms with Crippen LogP contribution in [0.1, 0.15) is 50.5 Å². The number of nitrogens with one attached hydrogen (secondary N) is 1. The number of amides is 1. The van der Waals surface area contributed by atoms with E-state index in [0.717, 1.165) is 61.1 Å². The fourth-order valence-corrected chi connectivity index (χ4v) is 7.84. The van der Waals surface area contributed by atoms with Gasteiger partial charge in [0.2, 0.25) is 10.0 Å². The highest BCUT2D eigenvalue weighted by Gasteiger charge is 2.51. The molecule has 1 aromatic carbocycles. The molecule has 4 fully saturated rings. The molecule has 1 amide bonds. The largest absolute Gasteiger partial charge is 0.452 e. The average molecular weight is 449 g/mol. The standard InChI is InChI=1S/C23H32N2O5S/c1-29-22(26)25-7-2-3-19-12-20(4-5-21(19)25)31(27,28)24-6-8-30-23-13-16-9-17(14-23)11-18(10-16)15-23/h4-5,12,16-18,24H,2-3,6-11,13-15H2,1H3. The molecule has 170 valence electrons. The lowest BCUT2D eigenvalue weighted by atomic mass is 9.54. The lowest BCUT2D eigenvalue weighted by Gasteiger charge is -2.56. The fourth-order valence-electron chi connectivity index (χ4n) is 6.78. The number of ether oxygens (including phenoxy) is 2. The molecular weight excluding hydrogens is 416 g/mol.